The first-order valence-corrected chi connectivity index (χ1v) is 7.10. The van der Waals surface area contributed by atoms with Gasteiger partial charge in [0.05, 0.1) is 12.7 Å². The van der Waals surface area contributed by atoms with Gasteiger partial charge in [0.25, 0.3) is 0 Å². The van der Waals surface area contributed by atoms with Gasteiger partial charge in [0.1, 0.15) is 17.7 Å². The zero-order valence-corrected chi connectivity index (χ0v) is 13.3. The summed E-state index contributed by atoms with van der Waals surface area (Å²) in [6.07, 6.45) is -1.06. The van der Waals surface area contributed by atoms with Gasteiger partial charge in [-0.2, -0.15) is 8.78 Å². The Balaban J connectivity index is 2.18. The number of benzene rings is 2. The first-order chi connectivity index (χ1) is 11.8. The van der Waals surface area contributed by atoms with Crippen LogP contribution in [0.4, 0.5) is 17.6 Å². The molecule has 25 heavy (non-hydrogen) atoms. The van der Waals surface area contributed by atoms with Crippen molar-refractivity contribution in [3.63, 3.8) is 0 Å². The minimum absolute atomic E-state index is 0.0258. The average molecular weight is 358 g/mol. The van der Waals surface area contributed by atoms with Gasteiger partial charge in [-0.1, -0.05) is 0 Å². The minimum atomic E-state index is -3.05. The summed E-state index contributed by atoms with van der Waals surface area (Å²) in [5.41, 5.74) is -0.153. The van der Waals surface area contributed by atoms with E-state index in [1.165, 1.54) is 20.1 Å². The summed E-state index contributed by atoms with van der Waals surface area (Å²) in [6, 6.07) is 6.25. The van der Waals surface area contributed by atoms with Crippen molar-refractivity contribution in [2.45, 2.75) is 19.6 Å². The van der Waals surface area contributed by atoms with Crippen LogP contribution < -0.4 is 9.47 Å². The zero-order chi connectivity index (χ0) is 18.6. The zero-order valence-electron chi connectivity index (χ0n) is 13.3. The number of carbonyl (C=O) groups is 1. The summed E-state index contributed by atoms with van der Waals surface area (Å²) in [5, 5.41) is 0. The molecule has 0 aliphatic heterocycles. The molecule has 2 aromatic rings. The van der Waals surface area contributed by atoms with Crippen molar-refractivity contribution in [2.75, 3.05) is 7.11 Å². The highest BCUT2D eigenvalue weighted by Gasteiger charge is 2.20. The molecule has 134 valence electrons. The molecule has 0 bridgehead atoms. The highest BCUT2D eigenvalue weighted by atomic mass is 19.3. The Morgan fingerprint density at radius 1 is 1.04 bits per heavy atom. The van der Waals surface area contributed by atoms with Crippen LogP contribution in [0.5, 0.6) is 11.5 Å². The van der Waals surface area contributed by atoms with Crippen LogP contribution in [0.1, 0.15) is 28.9 Å². The Bertz CT molecular complexity index is 764. The lowest BCUT2D eigenvalue weighted by atomic mass is 10.1. The number of esters is 1. The van der Waals surface area contributed by atoms with Crippen molar-refractivity contribution in [3.8, 4) is 11.5 Å². The maximum absolute atomic E-state index is 13.7. The number of methoxy groups -OCH3 is 1. The number of carbonyl (C=O) groups excluding carboxylic acids is 1. The second-order valence-corrected chi connectivity index (χ2v) is 4.96. The van der Waals surface area contributed by atoms with Gasteiger partial charge in [-0.05, 0) is 43.3 Å². The molecule has 0 aliphatic rings. The second kappa shape index (κ2) is 7.87. The van der Waals surface area contributed by atoms with E-state index in [-0.39, 0.29) is 22.6 Å². The van der Waals surface area contributed by atoms with E-state index < -0.39 is 30.3 Å². The fourth-order valence-electron chi connectivity index (χ4n) is 2.11. The Morgan fingerprint density at radius 3 is 2.40 bits per heavy atom. The van der Waals surface area contributed by atoms with Gasteiger partial charge in [-0.25, -0.2) is 13.6 Å². The van der Waals surface area contributed by atoms with Crippen LogP contribution in [0.15, 0.2) is 36.4 Å². The molecule has 0 radical (unpaired) electrons. The van der Waals surface area contributed by atoms with E-state index in [4.69, 9.17) is 9.47 Å². The van der Waals surface area contributed by atoms with Crippen LogP contribution >= 0.6 is 0 Å². The van der Waals surface area contributed by atoms with Crippen molar-refractivity contribution >= 4 is 5.97 Å². The largest absolute Gasteiger partial charge is 0.493 e. The van der Waals surface area contributed by atoms with Crippen LogP contribution in [0.2, 0.25) is 0 Å². The van der Waals surface area contributed by atoms with E-state index >= 15 is 0 Å². The Kier molecular flexibility index (Phi) is 5.84. The maximum Gasteiger partial charge on any atom is 0.387 e. The van der Waals surface area contributed by atoms with Crippen molar-refractivity contribution in [1.29, 1.82) is 0 Å². The molecule has 0 spiro atoms. The number of hydrogen-bond acceptors (Lipinski definition) is 4. The molecule has 0 amide bonds. The van der Waals surface area contributed by atoms with Gasteiger partial charge in [0, 0.05) is 5.56 Å². The van der Waals surface area contributed by atoms with E-state index in [1.54, 1.807) is 0 Å². The topological polar surface area (TPSA) is 44.8 Å². The predicted octanol–water partition coefficient (Wildman–Crippen LogP) is 4.49. The van der Waals surface area contributed by atoms with Gasteiger partial charge in [-0.3, -0.25) is 0 Å². The van der Waals surface area contributed by atoms with Crippen LogP contribution in [0.3, 0.4) is 0 Å². The molecule has 2 aromatic carbocycles. The normalized spacial score (nSPS) is 12.0. The molecular weight excluding hydrogens is 344 g/mol. The second-order valence-electron chi connectivity index (χ2n) is 4.96. The summed E-state index contributed by atoms with van der Waals surface area (Å²) in [5.74, 6) is -2.61. The molecule has 1 unspecified atom stereocenters. The SMILES string of the molecule is COc1cc(C(=O)OC(C)c2cc(F)ccc2F)ccc1OC(F)F. The van der Waals surface area contributed by atoms with Crippen molar-refractivity contribution in [1.82, 2.24) is 0 Å². The molecule has 0 aliphatic carbocycles. The van der Waals surface area contributed by atoms with Crippen LogP contribution in [0, 0.1) is 11.6 Å². The Labute approximate surface area is 140 Å². The van der Waals surface area contributed by atoms with E-state index in [0.29, 0.717) is 0 Å². The molecule has 0 heterocycles. The molecule has 8 heteroatoms. The quantitative estimate of drug-likeness (QED) is 0.564. The van der Waals surface area contributed by atoms with Crippen molar-refractivity contribution < 1.29 is 36.6 Å². The van der Waals surface area contributed by atoms with Crippen LogP contribution in [0.25, 0.3) is 0 Å². The molecule has 0 fully saturated rings. The van der Waals surface area contributed by atoms with Gasteiger partial charge >= 0.3 is 12.6 Å². The van der Waals surface area contributed by atoms with Crippen LogP contribution in [-0.2, 0) is 4.74 Å². The molecule has 0 saturated heterocycles. The predicted molar refractivity (Wildman–Crippen MR) is 79.8 cm³/mol. The third-order valence-corrected chi connectivity index (χ3v) is 3.30. The van der Waals surface area contributed by atoms with Crippen molar-refractivity contribution in [3.05, 3.63) is 59.2 Å². The van der Waals surface area contributed by atoms with Gasteiger partial charge in [0.15, 0.2) is 11.5 Å². The average Bonchev–Trinajstić information content (AvgIpc) is 2.56. The van der Waals surface area contributed by atoms with E-state index in [2.05, 4.69) is 4.74 Å². The number of rotatable bonds is 6. The third kappa shape index (κ3) is 4.62. The summed E-state index contributed by atoms with van der Waals surface area (Å²) < 4.78 is 65.7. The first kappa shape index (κ1) is 18.6. The van der Waals surface area contributed by atoms with Gasteiger partial charge in [0.2, 0.25) is 0 Å². The van der Waals surface area contributed by atoms with E-state index in [1.807, 2.05) is 0 Å². The summed E-state index contributed by atoms with van der Waals surface area (Å²) >= 11 is 0. The smallest absolute Gasteiger partial charge is 0.387 e. The first-order valence-electron chi connectivity index (χ1n) is 7.10. The molecule has 2 rings (SSSR count). The lowest BCUT2D eigenvalue weighted by molar-refractivity contribution is -0.0512. The number of halogens is 4. The molecule has 0 saturated carbocycles. The Hall–Kier alpha value is -2.77. The summed E-state index contributed by atoms with van der Waals surface area (Å²) in [4.78, 5) is 12.1. The maximum atomic E-state index is 13.7. The Morgan fingerprint density at radius 2 is 1.76 bits per heavy atom. The van der Waals surface area contributed by atoms with E-state index in [0.717, 1.165) is 30.3 Å². The molecule has 0 aromatic heterocycles. The molecule has 4 nitrogen and oxygen atoms in total. The number of hydrogen-bond donors (Lipinski definition) is 0. The summed E-state index contributed by atoms with van der Waals surface area (Å²) in [7, 11) is 1.22. The summed E-state index contributed by atoms with van der Waals surface area (Å²) in [6.45, 7) is -1.68. The number of alkyl halides is 2. The monoisotopic (exact) mass is 358 g/mol. The highest BCUT2D eigenvalue weighted by molar-refractivity contribution is 5.90. The van der Waals surface area contributed by atoms with E-state index in [9.17, 15) is 22.4 Å². The van der Waals surface area contributed by atoms with Crippen molar-refractivity contribution in [2.24, 2.45) is 0 Å². The lowest BCUT2D eigenvalue weighted by Crippen LogP contribution is -2.11. The molecule has 0 N–H and O–H groups in total. The van der Waals surface area contributed by atoms with Crippen LogP contribution in [-0.4, -0.2) is 19.7 Å². The molecule has 1 atom stereocenters. The third-order valence-electron chi connectivity index (χ3n) is 3.30. The van der Waals surface area contributed by atoms with Gasteiger partial charge < -0.3 is 14.2 Å². The fourth-order valence-corrected chi connectivity index (χ4v) is 2.11. The standard InChI is InChI=1S/C17H14F4O4/c1-9(12-8-11(18)4-5-13(12)19)24-16(22)10-3-6-14(25-17(20)21)15(7-10)23-2/h3-9,17H,1-2H3. The fraction of sp³-hybridized carbons (Fsp3) is 0.235. The highest BCUT2D eigenvalue weighted by Crippen LogP contribution is 2.30. The minimum Gasteiger partial charge on any atom is -0.493 e. The van der Waals surface area contributed by atoms with Gasteiger partial charge in [-0.15, -0.1) is 0 Å². The molecular formula is C17H14F4O4. The lowest BCUT2D eigenvalue weighted by Gasteiger charge is -2.15. The number of ether oxygens (including phenoxy) is 3.